The first-order chi connectivity index (χ1) is 13.7. The van der Waals surface area contributed by atoms with Crippen LogP contribution in [0.3, 0.4) is 0 Å². The maximum Gasteiger partial charge on any atom is 0.227 e. The molecule has 1 saturated heterocycles. The van der Waals surface area contributed by atoms with Crippen molar-refractivity contribution in [3.8, 4) is 11.6 Å². The van der Waals surface area contributed by atoms with Gasteiger partial charge < -0.3 is 15.0 Å². The quantitative estimate of drug-likeness (QED) is 0.734. The van der Waals surface area contributed by atoms with Gasteiger partial charge in [-0.2, -0.15) is 5.10 Å². The Balaban J connectivity index is 1.33. The molecule has 28 heavy (non-hydrogen) atoms. The molecule has 0 spiro atoms. The van der Waals surface area contributed by atoms with E-state index in [-0.39, 0.29) is 11.8 Å². The van der Waals surface area contributed by atoms with Gasteiger partial charge in [0.1, 0.15) is 5.75 Å². The van der Waals surface area contributed by atoms with Gasteiger partial charge in [0, 0.05) is 43.2 Å². The molecule has 8 nitrogen and oxygen atoms in total. The molecule has 144 valence electrons. The summed E-state index contributed by atoms with van der Waals surface area (Å²) in [6, 6.07) is 13.1. The van der Waals surface area contributed by atoms with E-state index >= 15 is 0 Å². The van der Waals surface area contributed by atoms with E-state index in [0.29, 0.717) is 5.82 Å². The number of nitrogens with zero attached hydrogens (tertiary/aromatic N) is 5. The van der Waals surface area contributed by atoms with Crippen LogP contribution in [0.25, 0.3) is 5.82 Å². The van der Waals surface area contributed by atoms with Gasteiger partial charge >= 0.3 is 0 Å². The fourth-order valence-corrected chi connectivity index (χ4v) is 3.33. The van der Waals surface area contributed by atoms with Crippen LogP contribution in [0.15, 0.2) is 54.9 Å². The normalized spacial score (nSPS) is 14.7. The van der Waals surface area contributed by atoms with Crippen molar-refractivity contribution < 1.29 is 9.53 Å². The summed E-state index contributed by atoms with van der Waals surface area (Å²) in [7, 11) is 1.61. The van der Waals surface area contributed by atoms with Crippen molar-refractivity contribution in [3.63, 3.8) is 0 Å². The van der Waals surface area contributed by atoms with Crippen molar-refractivity contribution in [1.29, 1.82) is 0 Å². The molecule has 1 N–H and O–H groups in total. The molecule has 8 heteroatoms. The van der Waals surface area contributed by atoms with Crippen molar-refractivity contribution >= 4 is 17.4 Å². The summed E-state index contributed by atoms with van der Waals surface area (Å²) in [6.45, 7) is 1.54. The fraction of sp³-hybridized carbons (Fsp3) is 0.300. The molecule has 2 aromatic heterocycles. The molecule has 0 bridgehead atoms. The van der Waals surface area contributed by atoms with Crippen molar-refractivity contribution in [1.82, 2.24) is 20.0 Å². The van der Waals surface area contributed by atoms with Gasteiger partial charge in [0.05, 0.1) is 7.11 Å². The van der Waals surface area contributed by atoms with Crippen LogP contribution < -0.4 is 15.0 Å². The first-order valence-corrected chi connectivity index (χ1v) is 9.26. The zero-order valence-corrected chi connectivity index (χ0v) is 15.7. The number of benzene rings is 1. The second kappa shape index (κ2) is 8.08. The van der Waals surface area contributed by atoms with Gasteiger partial charge in [-0.25, -0.2) is 4.68 Å². The average Bonchev–Trinajstić information content (AvgIpc) is 3.29. The number of nitrogens with one attached hydrogen (secondary N) is 1. The van der Waals surface area contributed by atoms with Crippen LogP contribution in [0.5, 0.6) is 5.75 Å². The smallest absolute Gasteiger partial charge is 0.227 e. The maximum atomic E-state index is 12.6. The molecular weight excluding hydrogens is 356 g/mol. The number of carbonyl (C=O) groups is 1. The Morgan fingerprint density at radius 1 is 1.11 bits per heavy atom. The van der Waals surface area contributed by atoms with Gasteiger partial charge in [0.15, 0.2) is 11.6 Å². The highest BCUT2D eigenvalue weighted by molar-refractivity contribution is 5.92. The number of methoxy groups -OCH3 is 1. The first kappa shape index (κ1) is 18.0. The number of rotatable bonds is 5. The standard InChI is InChI=1S/C20H22N6O2/c1-28-17-5-2-4-16(14-17)22-20(27)15-8-12-25(13-9-15)18-6-7-19(24-23-18)26-11-3-10-21-26/h2-7,10-11,14-15H,8-9,12-13H2,1H3,(H,22,27). The molecule has 0 aliphatic carbocycles. The number of carbonyl (C=O) groups excluding carboxylic acids is 1. The van der Waals surface area contributed by atoms with Crippen molar-refractivity contribution in [2.45, 2.75) is 12.8 Å². The number of anilines is 2. The van der Waals surface area contributed by atoms with Gasteiger partial charge in [0.2, 0.25) is 5.91 Å². The number of amides is 1. The SMILES string of the molecule is COc1cccc(NC(=O)C2CCN(c3ccc(-n4cccn4)nn3)CC2)c1. The van der Waals surface area contributed by atoms with Crippen molar-refractivity contribution in [3.05, 3.63) is 54.9 Å². The predicted octanol–water partition coefficient (Wildman–Crippen LogP) is 2.53. The minimum absolute atomic E-state index is 0.0150. The second-order valence-electron chi connectivity index (χ2n) is 6.68. The van der Waals surface area contributed by atoms with Gasteiger partial charge in [0.25, 0.3) is 0 Å². The topological polar surface area (TPSA) is 85.2 Å². The Hall–Kier alpha value is -3.42. The molecule has 1 fully saturated rings. The molecule has 0 saturated carbocycles. The molecule has 1 aliphatic heterocycles. The molecule has 0 unspecified atom stereocenters. The summed E-state index contributed by atoms with van der Waals surface area (Å²) < 4.78 is 6.87. The van der Waals surface area contributed by atoms with E-state index in [1.54, 1.807) is 18.0 Å². The van der Waals surface area contributed by atoms with Crippen LogP contribution in [-0.2, 0) is 4.79 Å². The Labute approximate surface area is 163 Å². The highest BCUT2D eigenvalue weighted by Gasteiger charge is 2.26. The lowest BCUT2D eigenvalue weighted by Gasteiger charge is -2.31. The molecule has 1 aromatic carbocycles. The van der Waals surface area contributed by atoms with E-state index in [2.05, 4.69) is 25.5 Å². The third-order valence-corrected chi connectivity index (χ3v) is 4.90. The van der Waals surface area contributed by atoms with E-state index in [4.69, 9.17) is 4.74 Å². The van der Waals surface area contributed by atoms with E-state index in [0.717, 1.165) is 43.2 Å². The number of hydrogen-bond donors (Lipinski definition) is 1. The largest absolute Gasteiger partial charge is 0.497 e. The first-order valence-electron chi connectivity index (χ1n) is 9.26. The number of piperidine rings is 1. The number of aromatic nitrogens is 4. The second-order valence-corrected chi connectivity index (χ2v) is 6.68. The van der Waals surface area contributed by atoms with Crippen LogP contribution >= 0.6 is 0 Å². The summed E-state index contributed by atoms with van der Waals surface area (Å²) in [5.41, 5.74) is 0.756. The molecule has 4 rings (SSSR count). The van der Waals surface area contributed by atoms with Crippen LogP contribution in [0.2, 0.25) is 0 Å². The third kappa shape index (κ3) is 3.95. The molecule has 1 aliphatic rings. The zero-order valence-electron chi connectivity index (χ0n) is 15.7. The summed E-state index contributed by atoms with van der Waals surface area (Å²) in [4.78, 5) is 14.7. The Morgan fingerprint density at radius 2 is 1.89 bits per heavy atom. The predicted molar refractivity (Wildman–Crippen MR) is 106 cm³/mol. The summed E-state index contributed by atoms with van der Waals surface area (Å²) in [5, 5.41) is 15.7. The maximum absolute atomic E-state index is 12.6. The molecular formula is C20H22N6O2. The van der Waals surface area contributed by atoms with E-state index in [1.807, 2.05) is 48.7 Å². The Morgan fingerprint density at radius 3 is 2.57 bits per heavy atom. The highest BCUT2D eigenvalue weighted by Crippen LogP contribution is 2.24. The van der Waals surface area contributed by atoms with Gasteiger partial charge in [-0.1, -0.05) is 6.07 Å². The van der Waals surface area contributed by atoms with E-state index in [1.165, 1.54) is 0 Å². The molecule has 0 radical (unpaired) electrons. The van der Waals surface area contributed by atoms with Crippen molar-refractivity contribution in [2.24, 2.45) is 5.92 Å². The van der Waals surface area contributed by atoms with Crippen LogP contribution in [0, 0.1) is 5.92 Å². The van der Waals surface area contributed by atoms with Gasteiger partial charge in [-0.05, 0) is 43.2 Å². The monoisotopic (exact) mass is 378 g/mol. The lowest BCUT2D eigenvalue weighted by molar-refractivity contribution is -0.120. The van der Waals surface area contributed by atoms with Gasteiger partial charge in [-0.3, -0.25) is 4.79 Å². The lowest BCUT2D eigenvalue weighted by Crippen LogP contribution is -2.38. The molecule has 3 aromatic rings. The van der Waals surface area contributed by atoms with Gasteiger partial charge in [-0.15, -0.1) is 10.2 Å². The fourth-order valence-electron chi connectivity index (χ4n) is 3.33. The summed E-state index contributed by atoms with van der Waals surface area (Å²) >= 11 is 0. The minimum Gasteiger partial charge on any atom is -0.497 e. The lowest BCUT2D eigenvalue weighted by atomic mass is 9.96. The Kier molecular flexibility index (Phi) is 5.18. The molecule has 3 heterocycles. The average molecular weight is 378 g/mol. The Bertz CT molecular complexity index is 918. The van der Waals surface area contributed by atoms with Crippen molar-refractivity contribution in [2.75, 3.05) is 30.4 Å². The number of ether oxygens (including phenoxy) is 1. The third-order valence-electron chi connectivity index (χ3n) is 4.90. The van der Waals surface area contributed by atoms with Crippen LogP contribution in [0.4, 0.5) is 11.5 Å². The zero-order chi connectivity index (χ0) is 19.3. The summed E-state index contributed by atoms with van der Waals surface area (Å²) in [5.74, 6) is 2.26. The molecule has 0 atom stereocenters. The summed E-state index contributed by atoms with van der Waals surface area (Å²) in [6.07, 6.45) is 5.09. The van der Waals surface area contributed by atoms with E-state index < -0.39 is 0 Å². The van der Waals surface area contributed by atoms with Crippen LogP contribution in [-0.4, -0.2) is 46.1 Å². The number of hydrogen-bond acceptors (Lipinski definition) is 6. The van der Waals surface area contributed by atoms with Crippen LogP contribution in [0.1, 0.15) is 12.8 Å². The molecule has 1 amide bonds. The van der Waals surface area contributed by atoms with E-state index in [9.17, 15) is 4.79 Å². The highest BCUT2D eigenvalue weighted by atomic mass is 16.5. The minimum atomic E-state index is -0.0150.